The molecule has 0 aliphatic carbocycles. The molecule has 168 valence electrons. The van der Waals surface area contributed by atoms with Crippen LogP contribution >= 0.6 is 0 Å². The number of aryl methyl sites for hydroxylation is 1. The van der Waals surface area contributed by atoms with E-state index in [4.69, 9.17) is 0 Å². The maximum atomic E-state index is 14.8. The van der Waals surface area contributed by atoms with Crippen LogP contribution in [0, 0.1) is 5.82 Å². The molecule has 6 nitrogen and oxygen atoms in total. The first kappa shape index (κ1) is 22.3. The fraction of sp³-hybridized carbons (Fsp3) is 0.231. The van der Waals surface area contributed by atoms with Gasteiger partial charge in [0.2, 0.25) is 0 Å². The smallest absolute Gasteiger partial charge is 0.352 e. The Balaban J connectivity index is 1.51. The number of hydrogen-bond acceptors (Lipinski definition) is 4. The summed E-state index contributed by atoms with van der Waals surface area (Å²) in [6.07, 6.45) is 1.77. The Morgan fingerprint density at radius 2 is 1.76 bits per heavy atom. The number of fused-ring (bicyclic) bond motifs is 1. The third kappa shape index (κ3) is 4.67. The van der Waals surface area contributed by atoms with E-state index in [0.717, 1.165) is 5.56 Å². The average Bonchev–Trinajstić information content (AvgIpc) is 3.22. The summed E-state index contributed by atoms with van der Waals surface area (Å²) in [4.78, 5) is 34.8. The van der Waals surface area contributed by atoms with Gasteiger partial charge in [0, 0.05) is 22.9 Å². The number of aromatic carboxylic acids is 1. The molecule has 4 aromatic rings. The number of nitrogens with zero attached hydrogens (tertiary/aromatic N) is 2. The van der Waals surface area contributed by atoms with Crippen LogP contribution in [0.1, 0.15) is 59.2 Å². The van der Waals surface area contributed by atoms with Crippen LogP contribution in [-0.4, -0.2) is 31.8 Å². The fourth-order valence-electron chi connectivity index (χ4n) is 3.73. The molecule has 0 amide bonds. The van der Waals surface area contributed by atoms with Gasteiger partial charge in [0.25, 0.3) is 0 Å². The number of aromatic amines is 1. The monoisotopic (exact) mass is 445 g/mol. The van der Waals surface area contributed by atoms with E-state index in [2.05, 4.69) is 35.7 Å². The zero-order valence-corrected chi connectivity index (χ0v) is 18.6. The SMILES string of the molecule is CC(C)(C)c1ccc(C(=O)CCc2ccc(-c3ncnc4[nH]c(C(=O)O)cc34)cc2F)cc1. The van der Waals surface area contributed by atoms with Gasteiger partial charge in [0.05, 0.1) is 5.69 Å². The normalized spacial score (nSPS) is 11.6. The molecule has 0 aliphatic rings. The van der Waals surface area contributed by atoms with E-state index in [-0.39, 0.29) is 29.7 Å². The second-order valence-electron chi connectivity index (χ2n) is 9.03. The summed E-state index contributed by atoms with van der Waals surface area (Å²) in [5, 5.41) is 9.69. The zero-order chi connectivity index (χ0) is 23.8. The number of carboxylic acids is 1. The first-order valence-corrected chi connectivity index (χ1v) is 10.6. The molecule has 33 heavy (non-hydrogen) atoms. The molecular formula is C26H24FN3O3. The molecule has 0 atom stereocenters. The Hall–Kier alpha value is -3.87. The number of carbonyl (C=O) groups excluding carboxylic acids is 1. The van der Waals surface area contributed by atoms with Crippen LogP contribution in [0.5, 0.6) is 0 Å². The van der Waals surface area contributed by atoms with Crippen LogP contribution in [0.2, 0.25) is 0 Å². The van der Waals surface area contributed by atoms with Gasteiger partial charge in [-0.05, 0) is 35.1 Å². The van der Waals surface area contributed by atoms with Crippen LogP contribution < -0.4 is 0 Å². The van der Waals surface area contributed by atoms with Crippen molar-refractivity contribution in [3.8, 4) is 11.3 Å². The highest BCUT2D eigenvalue weighted by atomic mass is 19.1. The lowest BCUT2D eigenvalue weighted by atomic mass is 9.86. The number of carbonyl (C=O) groups is 2. The Labute approximate surface area is 190 Å². The number of halogens is 1. The van der Waals surface area contributed by atoms with Crippen LogP contribution in [0.3, 0.4) is 0 Å². The third-order valence-corrected chi connectivity index (χ3v) is 5.68. The average molecular weight is 445 g/mol. The molecular weight excluding hydrogens is 421 g/mol. The number of carboxylic acid groups (broad SMARTS) is 1. The number of ketones is 1. The molecule has 0 saturated heterocycles. The van der Waals surface area contributed by atoms with Gasteiger partial charge in [0.1, 0.15) is 23.5 Å². The molecule has 0 unspecified atom stereocenters. The standard InChI is InChI=1S/C26H24FN3O3/c1-26(2,3)18-9-6-16(7-10-18)22(31)11-8-15-4-5-17(12-20(15)27)23-19-13-21(25(32)33)30-24(19)29-14-28-23/h4-7,9-10,12-14H,8,11H2,1-3H3,(H,32,33)(H,28,29,30). The predicted octanol–water partition coefficient (Wildman–Crippen LogP) is 5.58. The molecule has 2 heterocycles. The van der Waals surface area contributed by atoms with E-state index in [9.17, 15) is 19.1 Å². The van der Waals surface area contributed by atoms with Crippen molar-refractivity contribution in [2.75, 3.05) is 0 Å². The number of H-pyrrole nitrogens is 1. The number of Topliss-reactive ketones (excluding diaryl/α,β-unsaturated/α-hetero) is 1. The number of hydrogen-bond donors (Lipinski definition) is 2. The molecule has 0 aliphatic heterocycles. The molecule has 2 aromatic carbocycles. The lowest BCUT2D eigenvalue weighted by Crippen LogP contribution is -2.11. The largest absolute Gasteiger partial charge is 0.477 e. The van der Waals surface area contributed by atoms with E-state index in [1.807, 2.05) is 24.3 Å². The molecule has 0 radical (unpaired) electrons. The quantitative estimate of drug-likeness (QED) is 0.378. The van der Waals surface area contributed by atoms with Crippen molar-refractivity contribution in [1.29, 1.82) is 0 Å². The molecule has 0 fully saturated rings. The molecule has 0 spiro atoms. The molecule has 7 heteroatoms. The summed E-state index contributed by atoms with van der Waals surface area (Å²) >= 11 is 0. The fourth-order valence-corrected chi connectivity index (χ4v) is 3.73. The summed E-state index contributed by atoms with van der Waals surface area (Å²) in [5.74, 6) is -1.59. The summed E-state index contributed by atoms with van der Waals surface area (Å²) in [6.45, 7) is 6.34. The van der Waals surface area contributed by atoms with E-state index in [1.54, 1.807) is 12.1 Å². The second-order valence-corrected chi connectivity index (χ2v) is 9.03. The summed E-state index contributed by atoms with van der Waals surface area (Å²) in [6, 6.07) is 13.7. The topological polar surface area (TPSA) is 95.9 Å². The Morgan fingerprint density at radius 3 is 2.39 bits per heavy atom. The van der Waals surface area contributed by atoms with Gasteiger partial charge >= 0.3 is 5.97 Å². The van der Waals surface area contributed by atoms with Crippen molar-refractivity contribution in [1.82, 2.24) is 15.0 Å². The molecule has 2 N–H and O–H groups in total. The van der Waals surface area contributed by atoms with Crippen LogP contribution in [-0.2, 0) is 11.8 Å². The van der Waals surface area contributed by atoms with E-state index >= 15 is 0 Å². The van der Waals surface area contributed by atoms with Gasteiger partial charge in [-0.2, -0.15) is 0 Å². The first-order valence-electron chi connectivity index (χ1n) is 10.6. The summed E-state index contributed by atoms with van der Waals surface area (Å²) in [5.41, 5.74) is 3.50. The van der Waals surface area contributed by atoms with Gasteiger partial charge < -0.3 is 10.1 Å². The number of rotatable bonds is 6. The minimum Gasteiger partial charge on any atom is -0.477 e. The van der Waals surface area contributed by atoms with Crippen molar-refractivity contribution < 1.29 is 19.1 Å². The number of aromatic nitrogens is 3. The van der Waals surface area contributed by atoms with Crippen LogP contribution in [0.25, 0.3) is 22.3 Å². The van der Waals surface area contributed by atoms with Crippen molar-refractivity contribution in [2.45, 2.75) is 39.0 Å². The van der Waals surface area contributed by atoms with E-state index < -0.39 is 11.8 Å². The third-order valence-electron chi connectivity index (χ3n) is 5.68. The summed E-state index contributed by atoms with van der Waals surface area (Å²) in [7, 11) is 0. The lowest BCUT2D eigenvalue weighted by Gasteiger charge is -2.19. The number of nitrogens with one attached hydrogen (secondary N) is 1. The molecule has 0 bridgehead atoms. The van der Waals surface area contributed by atoms with Crippen molar-refractivity contribution >= 4 is 22.8 Å². The molecule has 0 saturated carbocycles. The van der Waals surface area contributed by atoms with Gasteiger partial charge in [0.15, 0.2) is 5.78 Å². The van der Waals surface area contributed by atoms with Crippen molar-refractivity contribution in [2.24, 2.45) is 0 Å². The highest BCUT2D eigenvalue weighted by Gasteiger charge is 2.17. The molecule has 4 rings (SSSR count). The van der Waals surface area contributed by atoms with E-state index in [0.29, 0.717) is 33.4 Å². The highest BCUT2D eigenvalue weighted by Crippen LogP contribution is 2.28. The maximum Gasteiger partial charge on any atom is 0.352 e. The Kier molecular flexibility index (Phi) is 5.80. The van der Waals surface area contributed by atoms with Crippen molar-refractivity contribution in [3.63, 3.8) is 0 Å². The van der Waals surface area contributed by atoms with Gasteiger partial charge in [-0.15, -0.1) is 0 Å². The van der Waals surface area contributed by atoms with Crippen LogP contribution in [0.15, 0.2) is 54.9 Å². The lowest BCUT2D eigenvalue weighted by molar-refractivity contribution is 0.0691. The first-order chi connectivity index (χ1) is 15.6. The van der Waals surface area contributed by atoms with Crippen molar-refractivity contribution in [3.05, 3.63) is 83.1 Å². The Bertz CT molecular complexity index is 1350. The minimum atomic E-state index is -1.11. The zero-order valence-electron chi connectivity index (χ0n) is 18.6. The van der Waals surface area contributed by atoms with Crippen LogP contribution in [0.4, 0.5) is 4.39 Å². The number of benzene rings is 2. The van der Waals surface area contributed by atoms with Gasteiger partial charge in [-0.3, -0.25) is 4.79 Å². The molecule has 2 aromatic heterocycles. The minimum absolute atomic E-state index is 0.0112. The highest BCUT2D eigenvalue weighted by molar-refractivity contribution is 5.98. The maximum absolute atomic E-state index is 14.8. The second kappa shape index (κ2) is 8.58. The predicted molar refractivity (Wildman–Crippen MR) is 124 cm³/mol. The Morgan fingerprint density at radius 1 is 1.03 bits per heavy atom. The van der Waals surface area contributed by atoms with E-state index in [1.165, 1.54) is 18.5 Å². The van der Waals surface area contributed by atoms with Gasteiger partial charge in [-0.1, -0.05) is 57.2 Å². The summed E-state index contributed by atoms with van der Waals surface area (Å²) < 4.78 is 14.8. The van der Waals surface area contributed by atoms with Gasteiger partial charge in [-0.25, -0.2) is 19.2 Å².